The summed E-state index contributed by atoms with van der Waals surface area (Å²) in [6, 6.07) is 5.42. The standard InChI is InChI=1S/C12H18N4O/c13-10-4-3-5-11(15-10)14-7-6-12(17)16-8-1-2-9-16/h3-5H,1-2,6-9H2,(H3,13,14,15). The fraction of sp³-hybridized carbons (Fsp3) is 0.500. The van der Waals surface area contributed by atoms with Gasteiger partial charge in [0.1, 0.15) is 11.6 Å². The van der Waals surface area contributed by atoms with E-state index in [0.717, 1.165) is 31.7 Å². The highest BCUT2D eigenvalue weighted by Crippen LogP contribution is 2.09. The van der Waals surface area contributed by atoms with Gasteiger partial charge in [-0.05, 0) is 25.0 Å². The molecular weight excluding hydrogens is 216 g/mol. The van der Waals surface area contributed by atoms with Crippen LogP contribution in [-0.4, -0.2) is 35.4 Å². The van der Waals surface area contributed by atoms with Crippen LogP contribution in [0.2, 0.25) is 0 Å². The Morgan fingerprint density at radius 3 is 2.88 bits per heavy atom. The Bertz CT molecular complexity index is 388. The maximum atomic E-state index is 11.7. The number of amides is 1. The minimum Gasteiger partial charge on any atom is -0.384 e. The fourth-order valence-corrected chi connectivity index (χ4v) is 1.97. The van der Waals surface area contributed by atoms with Crippen LogP contribution in [0.4, 0.5) is 11.6 Å². The van der Waals surface area contributed by atoms with Gasteiger partial charge in [0.2, 0.25) is 5.91 Å². The van der Waals surface area contributed by atoms with Crippen molar-refractivity contribution in [1.82, 2.24) is 9.88 Å². The highest BCUT2D eigenvalue weighted by molar-refractivity contribution is 5.76. The zero-order valence-corrected chi connectivity index (χ0v) is 9.85. The summed E-state index contributed by atoms with van der Waals surface area (Å²) in [4.78, 5) is 17.8. The molecule has 5 heteroatoms. The highest BCUT2D eigenvalue weighted by Gasteiger charge is 2.16. The van der Waals surface area contributed by atoms with Crippen molar-refractivity contribution >= 4 is 17.5 Å². The lowest BCUT2D eigenvalue weighted by Crippen LogP contribution is -2.29. The van der Waals surface area contributed by atoms with E-state index in [1.807, 2.05) is 17.0 Å². The lowest BCUT2D eigenvalue weighted by Gasteiger charge is -2.15. The van der Waals surface area contributed by atoms with E-state index in [0.29, 0.717) is 18.8 Å². The molecule has 0 aromatic carbocycles. The monoisotopic (exact) mass is 234 g/mol. The molecule has 1 aliphatic rings. The molecule has 1 aromatic rings. The third-order valence-corrected chi connectivity index (χ3v) is 2.87. The van der Waals surface area contributed by atoms with Crippen LogP contribution in [0.1, 0.15) is 19.3 Å². The number of aromatic nitrogens is 1. The predicted molar refractivity (Wildman–Crippen MR) is 67.6 cm³/mol. The van der Waals surface area contributed by atoms with Gasteiger partial charge in [0, 0.05) is 26.1 Å². The number of anilines is 2. The van der Waals surface area contributed by atoms with E-state index < -0.39 is 0 Å². The number of nitrogens with two attached hydrogens (primary N) is 1. The first-order chi connectivity index (χ1) is 8.25. The molecule has 0 radical (unpaired) electrons. The highest BCUT2D eigenvalue weighted by atomic mass is 16.2. The van der Waals surface area contributed by atoms with Crippen molar-refractivity contribution in [2.45, 2.75) is 19.3 Å². The van der Waals surface area contributed by atoms with E-state index in [1.165, 1.54) is 0 Å². The minimum atomic E-state index is 0.221. The Labute approximate surface area is 101 Å². The summed E-state index contributed by atoms with van der Waals surface area (Å²) >= 11 is 0. The second-order valence-electron chi connectivity index (χ2n) is 4.21. The quantitative estimate of drug-likeness (QED) is 0.818. The fourth-order valence-electron chi connectivity index (χ4n) is 1.97. The second-order valence-corrected chi connectivity index (χ2v) is 4.21. The van der Waals surface area contributed by atoms with Crippen molar-refractivity contribution in [1.29, 1.82) is 0 Å². The van der Waals surface area contributed by atoms with Gasteiger partial charge in [-0.15, -0.1) is 0 Å². The molecule has 2 rings (SSSR count). The van der Waals surface area contributed by atoms with Crippen LogP contribution in [0.5, 0.6) is 0 Å². The van der Waals surface area contributed by atoms with Crippen LogP contribution < -0.4 is 11.1 Å². The third-order valence-electron chi connectivity index (χ3n) is 2.87. The maximum Gasteiger partial charge on any atom is 0.224 e. The van der Waals surface area contributed by atoms with Crippen LogP contribution in [-0.2, 0) is 4.79 Å². The zero-order chi connectivity index (χ0) is 12.1. The van der Waals surface area contributed by atoms with Crippen molar-refractivity contribution in [3.05, 3.63) is 18.2 Å². The molecule has 1 fully saturated rings. The molecule has 1 aromatic heterocycles. The number of pyridine rings is 1. The molecule has 17 heavy (non-hydrogen) atoms. The van der Waals surface area contributed by atoms with Gasteiger partial charge in [-0.2, -0.15) is 0 Å². The second kappa shape index (κ2) is 5.52. The third kappa shape index (κ3) is 3.34. The molecule has 1 aliphatic heterocycles. The Morgan fingerprint density at radius 1 is 1.41 bits per heavy atom. The molecule has 0 atom stereocenters. The molecule has 0 bridgehead atoms. The van der Waals surface area contributed by atoms with Crippen LogP contribution in [0.15, 0.2) is 18.2 Å². The van der Waals surface area contributed by atoms with Gasteiger partial charge in [-0.1, -0.05) is 6.07 Å². The average Bonchev–Trinajstić information content (AvgIpc) is 2.82. The largest absolute Gasteiger partial charge is 0.384 e. The number of carbonyl (C=O) groups excluding carboxylic acids is 1. The van der Waals surface area contributed by atoms with E-state index in [2.05, 4.69) is 10.3 Å². The van der Waals surface area contributed by atoms with Gasteiger partial charge in [0.15, 0.2) is 0 Å². The summed E-state index contributed by atoms with van der Waals surface area (Å²) in [5.74, 6) is 1.43. The zero-order valence-electron chi connectivity index (χ0n) is 9.85. The van der Waals surface area contributed by atoms with Gasteiger partial charge in [0.25, 0.3) is 0 Å². The van der Waals surface area contributed by atoms with E-state index in [9.17, 15) is 4.79 Å². The van der Waals surface area contributed by atoms with Crippen molar-refractivity contribution in [3.63, 3.8) is 0 Å². The number of hydrogen-bond donors (Lipinski definition) is 2. The molecule has 3 N–H and O–H groups in total. The van der Waals surface area contributed by atoms with Crippen LogP contribution in [0.25, 0.3) is 0 Å². The van der Waals surface area contributed by atoms with E-state index in [4.69, 9.17) is 5.73 Å². The summed E-state index contributed by atoms with van der Waals surface area (Å²) in [5, 5.41) is 3.10. The topological polar surface area (TPSA) is 71.2 Å². The average molecular weight is 234 g/mol. The first-order valence-electron chi connectivity index (χ1n) is 6.00. The van der Waals surface area contributed by atoms with Crippen molar-refractivity contribution in [3.8, 4) is 0 Å². The molecule has 0 saturated carbocycles. The van der Waals surface area contributed by atoms with Gasteiger partial charge < -0.3 is 16.0 Å². The number of rotatable bonds is 4. The Hall–Kier alpha value is -1.78. The van der Waals surface area contributed by atoms with Gasteiger partial charge in [-0.3, -0.25) is 4.79 Å². The normalized spacial score (nSPS) is 14.9. The Kier molecular flexibility index (Phi) is 3.80. The maximum absolute atomic E-state index is 11.7. The van der Waals surface area contributed by atoms with E-state index in [1.54, 1.807) is 6.07 Å². The number of likely N-dealkylation sites (tertiary alicyclic amines) is 1. The Morgan fingerprint density at radius 2 is 2.18 bits per heavy atom. The smallest absolute Gasteiger partial charge is 0.224 e. The Balaban J connectivity index is 1.73. The molecule has 92 valence electrons. The number of nitrogens with one attached hydrogen (secondary N) is 1. The van der Waals surface area contributed by atoms with E-state index in [-0.39, 0.29) is 5.91 Å². The number of carbonyl (C=O) groups is 1. The summed E-state index contributed by atoms with van der Waals surface area (Å²) in [6.07, 6.45) is 2.78. The SMILES string of the molecule is Nc1cccc(NCCC(=O)N2CCCC2)n1. The molecular formula is C12H18N4O. The molecule has 0 aliphatic carbocycles. The molecule has 0 spiro atoms. The number of nitrogens with zero attached hydrogens (tertiary/aromatic N) is 2. The van der Waals surface area contributed by atoms with Crippen molar-refractivity contribution < 1.29 is 4.79 Å². The molecule has 1 amide bonds. The molecule has 2 heterocycles. The lowest BCUT2D eigenvalue weighted by molar-refractivity contribution is -0.129. The van der Waals surface area contributed by atoms with Crippen molar-refractivity contribution in [2.24, 2.45) is 0 Å². The summed E-state index contributed by atoms with van der Waals surface area (Å²) in [6.45, 7) is 2.43. The lowest BCUT2D eigenvalue weighted by atomic mass is 10.3. The van der Waals surface area contributed by atoms with Gasteiger partial charge in [0.05, 0.1) is 0 Å². The van der Waals surface area contributed by atoms with Gasteiger partial charge in [-0.25, -0.2) is 4.98 Å². The first-order valence-corrected chi connectivity index (χ1v) is 6.00. The number of nitrogen functional groups attached to an aromatic ring is 1. The molecule has 1 saturated heterocycles. The minimum absolute atomic E-state index is 0.221. The summed E-state index contributed by atoms with van der Waals surface area (Å²) in [5.41, 5.74) is 5.56. The summed E-state index contributed by atoms with van der Waals surface area (Å²) in [7, 11) is 0. The van der Waals surface area contributed by atoms with Gasteiger partial charge >= 0.3 is 0 Å². The van der Waals surface area contributed by atoms with Crippen LogP contribution in [0.3, 0.4) is 0 Å². The molecule has 0 unspecified atom stereocenters. The van der Waals surface area contributed by atoms with E-state index >= 15 is 0 Å². The van der Waals surface area contributed by atoms with Crippen molar-refractivity contribution in [2.75, 3.05) is 30.7 Å². The predicted octanol–water partition coefficient (Wildman–Crippen LogP) is 1.09. The van der Waals surface area contributed by atoms with Crippen LogP contribution in [0, 0.1) is 0 Å². The summed E-state index contributed by atoms with van der Waals surface area (Å²) < 4.78 is 0. The first kappa shape index (κ1) is 11.7. The molecule has 5 nitrogen and oxygen atoms in total. The number of hydrogen-bond acceptors (Lipinski definition) is 4. The van der Waals surface area contributed by atoms with Crippen LogP contribution >= 0.6 is 0 Å².